The van der Waals surface area contributed by atoms with Gasteiger partial charge in [0.15, 0.2) is 0 Å². The SMILES string of the molecule is COC(=O)C1CCN(C(=O)c2c(O)cccc2O)C1. The summed E-state index contributed by atoms with van der Waals surface area (Å²) in [5.41, 5.74) is -0.131. The summed E-state index contributed by atoms with van der Waals surface area (Å²) < 4.78 is 4.64. The molecule has 1 fully saturated rings. The van der Waals surface area contributed by atoms with Gasteiger partial charge in [0, 0.05) is 13.1 Å². The van der Waals surface area contributed by atoms with Crippen molar-refractivity contribution in [3.8, 4) is 11.5 Å². The van der Waals surface area contributed by atoms with E-state index in [0.717, 1.165) is 0 Å². The molecule has 0 bridgehead atoms. The molecule has 1 saturated heterocycles. The van der Waals surface area contributed by atoms with Crippen LogP contribution in [0.5, 0.6) is 11.5 Å². The average molecular weight is 265 g/mol. The van der Waals surface area contributed by atoms with Gasteiger partial charge in [-0.1, -0.05) is 6.07 Å². The zero-order valence-electron chi connectivity index (χ0n) is 10.5. The Morgan fingerprint density at radius 1 is 1.32 bits per heavy atom. The number of hydrogen-bond acceptors (Lipinski definition) is 5. The molecule has 1 unspecified atom stereocenters. The molecule has 1 atom stereocenters. The highest BCUT2D eigenvalue weighted by molar-refractivity contribution is 5.99. The van der Waals surface area contributed by atoms with Crippen LogP contribution in [0.3, 0.4) is 0 Å². The van der Waals surface area contributed by atoms with Crippen molar-refractivity contribution in [3.05, 3.63) is 23.8 Å². The molecule has 1 heterocycles. The van der Waals surface area contributed by atoms with Crippen molar-refractivity contribution in [2.24, 2.45) is 5.92 Å². The van der Waals surface area contributed by atoms with Crippen molar-refractivity contribution in [1.29, 1.82) is 0 Å². The lowest BCUT2D eigenvalue weighted by Gasteiger charge is -2.17. The first kappa shape index (κ1) is 13.2. The second kappa shape index (κ2) is 5.17. The molecule has 2 N–H and O–H groups in total. The van der Waals surface area contributed by atoms with Crippen LogP contribution in [0.1, 0.15) is 16.8 Å². The van der Waals surface area contributed by atoms with Gasteiger partial charge in [-0.25, -0.2) is 0 Å². The quantitative estimate of drug-likeness (QED) is 0.770. The lowest BCUT2D eigenvalue weighted by molar-refractivity contribution is -0.144. The molecule has 2 rings (SSSR count). The van der Waals surface area contributed by atoms with Crippen LogP contribution in [0.25, 0.3) is 0 Å². The van der Waals surface area contributed by atoms with Crippen LogP contribution in [0.15, 0.2) is 18.2 Å². The Morgan fingerprint density at radius 3 is 2.53 bits per heavy atom. The van der Waals surface area contributed by atoms with Gasteiger partial charge in [-0.2, -0.15) is 0 Å². The first-order valence-electron chi connectivity index (χ1n) is 5.92. The number of phenols is 2. The Bertz CT molecular complexity index is 494. The fraction of sp³-hybridized carbons (Fsp3) is 0.385. The Balaban J connectivity index is 2.16. The number of hydrogen-bond donors (Lipinski definition) is 2. The molecular weight excluding hydrogens is 250 g/mol. The van der Waals surface area contributed by atoms with E-state index in [1.807, 2.05) is 0 Å². The van der Waals surface area contributed by atoms with E-state index in [1.54, 1.807) is 0 Å². The zero-order chi connectivity index (χ0) is 14.0. The number of benzene rings is 1. The third-order valence-electron chi connectivity index (χ3n) is 3.24. The Labute approximate surface area is 110 Å². The van der Waals surface area contributed by atoms with Gasteiger partial charge in [0.25, 0.3) is 5.91 Å². The molecule has 1 aromatic carbocycles. The molecule has 0 radical (unpaired) electrons. The number of ether oxygens (including phenoxy) is 1. The Kier molecular flexibility index (Phi) is 3.59. The number of phenolic OH excluding ortho intramolecular Hbond substituents is 2. The fourth-order valence-electron chi connectivity index (χ4n) is 2.21. The van der Waals surface area contributed by atoms with Gasteiger partial charge in [-0.3, -0.25) is 9.59 Å². The van der Waals surface area contributed by atoms with Crippen molar-refractivity contribution < 1.29 is 24.5 Å². The highest BCUT2D eigenvalue weighted by atomic mass is 16.5. The number of amides is 1. The monoisotopic (exact) mass is 265 g/mol. The molecular formula is C13H15NO5. The van der Waals surface area contributed by atoms with Crippen molar-refractivity contribution in [1.82, 2.24) is 4.90 Å². The molecule has 1 aromatic rings. The Hall–Kier alpha value is -2.24. The summed E-state index contributed by atoms with van der Waals surface area (Å²) in [5.74, 6) is -1.72. The van der Waals surface area contributed by atoms with Crippen LogP contribution in [0.4, 0.5) is 0 Å². The molecule has 0 aromatic heterocycles. The topological polar surface area (TPSA) is 87.1 Å². The number of likely N-dealkylation sites (tertiary alicyclic amines) is 1. The number of carbonyl (C=O) groups is 2. The third kappa shape index (κ3) is 2.47. The minimum atomic E-state index is -0.484. The van der Waals surface area contributed by atoms with E-state index in [1.165, 1.54) is 30.2 Å². The molecule has 6 heteroatoms. The Morgan fingerprint density at radius 2 is 1.95 bits per heavy atom. The summed E-state index contributed by atoms with van der Waals surface area (Å²) in [5, 5.41) is 19.3. The standard InChI is InChI=1S/C13H15NO5/c1-19-13(18)8-5-6-14(7-8)12(17)11-9(15)3-2-4-10(11)16/h2-4,8,15-16H,5-7H2,1H3. The highest BCUT2D eigenvalue weighted by Crippen LogP contribution is 2.29. The van der Waals surface area contributed by atoms with E-state index in [2.05, 4.69) is 4.74 Å². The number of esters is 1. The maximum absolute atomic E-state index is 12.2. The molecule has 0 saturated carbocycles. The van der Waals surface area contributed by atoms with Gasteiger partial charge in [0.2, 0.25) is 0 Å². The van der Waals surface area contributed by atoms with Crippen molar-refractivity contribution >= 4 is 11.9 Å². The second-order valence-corrected chi connectivity index (χ2v) is 4.43. The molecule has 0 aliphatic carbocycles. The van der Waals surface area contributed by atoms with E-state index in [-0.39, 0.29) is 35.5 Å². The maximum atomic E-state index is 12.2. The number of nitrogens with zero attached hydrogens (tertiary/aromatic N) is 1. The molecule has 1 amide bonds. The lowest BCUT2D eigenvalue weighted by atomic mass is 10.1. The van der Waals surface area contributed by atoms with E-state index < -0.39 is 5.91 Å². The summed E-state index contributed by atoms with van der Waals surface area (Å²) in [6.45, 7) is 0.631. The van der Waals surface area contributed by atoms with E-state index >= 15 is 0 Å². The van der Waals surface area contributed by atoms with E-state index in [9.17, 15) is 19.8 Å². The number of rotatable bonds is 2. The van der Waals surface area contributed by atoms with Gasteiger partial charge in [-0.05, 0) is 18.6 Å². The first-order valence-corrected chi connectivity index (χ1v) is 5.92. The predicted octanol–water partition coefficient (Wildman–Crippen LogP) is 0.733. The van der Waals surface area contributed by atoms with Crippen molar-refractivity contribution in [2.75, 3.05) is 20.2 Å². The molecule has 6 nitrogen and oxygen atoms in total. The first-order chi connectivity index (χ1) is 9.04. The van der Waals surface area contributed by atoms with Gasteiger partial charge >= 0.3 is 5.97 Å². The molecule has 1 aliphatic heterocycles. The predicted molar refractivity (Wildman–Crippen MR) is 65.8 cm³/mol. The maximum Gasteiger partial charge on any atom is 0.310 e. The van der Waals surface area contributed by atoms with Crippen LogP contribution in [0.2, 0.25) is 0 Å². The van der Waals surface area contributed by atoms with Crippen LogP contribution in [-0.4, -0.2) is 47.2 Å². The minimum absolute atomic E-state index is 0.131. The minimum Gasteiger partial charge on any atom is -0.507 e. The van der Waals surface area contributed by atoms with Gasteiger partial charge < -0.3 is 19.8 Å². The van der Waals surface area contributed by atoms with Crippen molar-refractivity contribution in [2.45, 2.75) is 6.42 Å². The summed E-state index contributed by atoms with van der Waals surface area (Å²) in [6.07, 6.45) is 0.521. The molecule has 19 heavy (non-hydrogen) atoms. The number of methoxy groups -OCH3 is 1. The van der Waals surface area contributed by atoms with Gasteiger partial charge in [-0.15, -0.1) is 0 Å². The summed E-state index contributed by atoms with van der Waals surface area (Å²) in [6, 6.07) is 4.12. The number of carbonyl (C=O) groups excluding carboxylic acids is 2. The third-order valence-corrected chi connectivity index (χ3v) is 3.24. The number of aromatic hydroxyl groups is 2. The average Bonchev–Trinajstić information content (AvgIpc) is 2.87. The van der Waals surface area contributed by atoms with Crippen molar-refractivity contribution in [3.63, 3.8) is 0 Å². The van der Waals surface area contributed by atoms with Gasteiger partial charge in [0.05, 0.1) is 13.0 Å². The van der Waals surface area contributed by atoms with Crippen LogP contribution in [-0.2, 0) is 9.53 Å². The van der Waals surface area contributed by atoms with Crippen LogP contribution in [0, 0.1) is 5.92 Å². The zero-order valence-corrected chi connectivity index (χ0v) is 10.5. The normalized spacial score (nSPS) is 18.4. The van der Waals surface area contributed by atoms with Crippen LogP contribution < -0.4 is 0 Å². The molecule has 1 aliphatic rings. The highest BCUT2D eigenvalue weighted by Gasteiger charge is 2.33. The second-order valence-electron chi connectivity index (χ2n) is 4.43. The molecule has 102 valence electrons. The van der Waals surface area contributed by atoms with E-state index in [4.69, 9.17) is 0 Å². The fourth-order valence-corrected chi connectivity index (χ4v) is 2.21. The summed E-state index contributed by atoms with van der Waals surface area (Å²) in [7, 11) is 1.31. The van der Waals surface area contributed by atoms with Crippen LogP contribution >= 0.6 is 0 Å². The molecule has 0 spiro atoms. The largest absolute Gasteiger partial charge is 0.507 e. The smallest absolute Gasteiger partial charge is 0.310 e. The van der Waals surface area contributed by atoms with E-state index in [0.29, 0.717) is 13.0 Å². The van der Waals surface area contributed by atoms with Gasteiger partial charge in [0.1, 0.15) is 17.1 Å². The summed E-state index contributed by atoms with van der Waals surface area (Å²) >= 11 is 0. The summed E-state index contributed by atoms with van der Waals surface area (Å²) in [4.78, 5) is 25.0. The lowest BCUT2D eigenvalue weighted by Crippen LogP contribution is -2.30.